The normalized spacial score (nSPS) is 21.5. The number of carbonyl (C=O) groups excluding carboxylic acids is 2. The molecule has 0 radical (unpaired) electrons. The first-order valence-corrected chi connectivity index (χ1v) is 12.6. The summed E-state index contributed by atoms with van der Waals surface area (Å²) < 4.78 is 4.93. The Morgan fingerprint density at radius 2 is 2.03 bits per heavy atom. The van der Waals surface area contributed by atoms with Gasteiger partial charge in [-0.3, -0.25) is 9.59 Å². The number of nitrogens with zero attached hydrogens (tertiary/aromatic N) is 1. The number of halogens is 1. The zero-order valence-corrected chi connectivity index (χ0v) is 22.5. The number of hydrogen-bond acceptors (Lipinski definition) is 5. The third-order valence-electron chi connectivity index (χ3n) is 7.08. The Kier molecular flexibility index (Phi) is 13.0. The van der Waals surface area contributed by atoms with Gasteiger partial charge in [0, 0.05) is 32.0 Å². The van der Waals surface area contributed by atoms with Gasteiger partial charge in [0.1, 0.15) is 5.75 Å². The van der Waals surface area contributed by atoms with Gasteiger partial charge in [0.2, 0.25) is 5.91 Å². The van der Waals surface area contributed by atoms with Gasteiger partial charge in [0.15, 0.2) is 0 Å². The topological polar surface area (TPSA) is 78.9 Å². The number of rotatable bonds is 12. The molecule has 1 aliphatic rings. The molecule has 0 bridgehead atoms. The van der Waals surface area contributed by atoms with Crippen LogP contribution in [0.1, 0.15) is 78.7 Å². The van der Waals surface area contributed by atoms with Crippen molar-refractivity contribution in [2.24, 2.45) is 11.8 Å². The van der Waals surface area contributed by atoms with Gasteiger partial charge in [-0.15, -0.1) is 12.4 Å². The quantitative estimate of drug-likeness (QED) is 0.395. The molecule has 1 fully saturated rings. The fourth-order valence-electron chi connectivity index (χ4n) is 4.89. The molecular weight excluding hydrogens is 452 g/mol. The van der Waals surface area contributed by atoms with E-state index < -0.39 is 0 Å². The first kappa shape index (κ1) is 30.2. The summed E-state index contributed by atoms with van der Waals surface area (Å²) in [4.78, 5) is 26.4. The molecule has 0 aromatic heterocycles. The van der Waals surface area contributed by atoms with Crippen LogP contribution in [0, 0.1) is 11.8 Å². The molecule has 0 aliphatic carbocycles. The van der Waals surface area contributed by atoms with Crippen molar-refractivity contribution >= 4 is 24.3 Å². The lowest BCUT2D eigenvalue weighted by atomic mass is 9.68. The van der Waals surface area contributed by atoms with Crippen LogP contribution in [0.2, 0.25) is 0 Å². The first-order chi connectivity index (χ1) is 15.6. The van der Waals surface area contributed by atoms with E-state index in [-0.39, 0.29) is 35.7 Å². The highest BCUT2D eigenvalue weighted by molar-refractivity contribution is 5.85. The summed E-state index contributed by atoms with van der Waals surface area (Å²) in [7, 11) is 0. The van der Waals surface area contributed by atoms with Crippen molar-refractivity contribution in [3.8, 4) is 5.75 Å². The lowest BCUT2D eigenvalue weighted by Gasteiger charge is -2.45. The molecule has 194 valence electrons. The standard InChI is InChI=1S/C27H44N2O4.ClH/c1-6-33-26(32)12-8-11-25(31)28-23(17-20(2)3)13-15-29-16-14-27(5,21(4)19-29)22-9-7-10-24(30)18-22;/h7,9-10,18,20-21,23,30H,6,8,11-17,19H2,1-5H3,(H,28,31);1H. The average molecular weight is 497 g/mol. The molecule has 1 amide bonds. The highest BCUT2D eigenvalue weighted by Crippen LogP contribution is 2.40. The van der Waals surface area contributed by atoms with E-state index in [1.165, 1.54) is 5.56 Å². The number of piperidine rings is 1. The molecule has 3 unspecified atom stereocenters. The number of ether oxygens (including phenoxy) is 1. The third-order valence-corrected chi connectivity index (χ3v) is 7.08. The fourth-order valence-corrected chi connectivity index (χ4v) is 4.89. The third kappa shape index (κ3) is 9.46. The van der Waals surface area contributed by atoms with Gasteiger partial charge in [-0.2, -0.15) is 0 Å². The Morgan fingerprint density at radius 3 is 2.65 bits per heavy atom. The number of esters is 1. The number of likely N-dealkylation sites (tertiary alicyclic amines) is 1. The van der Waals surface area contributed by atoms with E-state index in [0.717, 1.165) is 38.9 Å². The molecule has 6 nitrogen and oxygen atoms in total. The molecule has 2 N–H and O–H groups in total. The minimum atomic E-state index is -0.235. The monoisotopic (exact) mass is 496 g/mol. The van der Waals surface area contributed by atoms with Crippen LogP contribution in [0.15, 0.2) is 24.3 Å². The Morgan fingerprint density at radius 1 is 1.29 bits per heavy atom. The van der Waals surface area contributed by atoms with Crippen molar-refractivity contribution in [1.29, 1.82) is 0 Å². The molecule has 0 saturated carbocycles. The van der Waals surface area contributed by atoms with Crippen LogP contribution in [-0.2, 0) is 19.7 Å². The lowest BCUT2D eigenvalue weighted by Crippen LogP contribution is -2.48. The number of aromatic hydroxyl groups is 1. The van der Waals surface area contributed by atoms with Crippen molar-refractivity contribution in [3.63, 3.8) is 0 Å². The molecule has 1 saturated heterocycles. The average Bonchev–Trinajstić information content (AvgIpc) is 2.74. The smallest absolute Gasteiger partial charge is 0.305 e. The molecule has 0 spiro atoms. The molecule has 1 aliphatic heterocycles. The van der Waals surface area contributed by atoms with Gasteiger partial charge in [-0.05, 0) is 74.1 Å². The Hall–Kier alpha value is -1.79. The molecule has 7 heteroatoms. The maximum absolute atomic E-state index is 12.4. The molecule has 1 aromatic carbocycles. The van der Waals surface area contributed by atoms with Gasteiger partial charge in [0.05, 0.1) is 6.61 Å². The summed E-state index contributed by atoms with van der Waals surface area (Å²) in [5, 5.41) is 13.1. The number of carbonyl (C=O) groups is 2. The molecule has 34 heavy (non-hydrogen) atoms. The number of nitrogens with one attached hydrogen (secondary N) is 1. The minimum Gasteiger partial charge on any atom is -0.508 e. The largest absolute Gasteiger partial charge is 0.508 e. The molecule has 3 atom stereocenters. The van der Waals surface area contributed by atoms with Gasteiger partial charge >= 0.3 is 5.97 Å². The number of hydrogen-bond donors (Lipinski definition) is 2. The Bertz CT molecular complexity index is 773. The van der Waals surface area contributed by atoms with Crippen LogP contribution >= 0.6 is 12.4 Å². The van der Waals surface area contributed by atoms with E-state index in [2.05, 4.69) is 44.0 Å². The van der Waals surface area contributed by atoms with Crippen molar-refractivity contribution in [2.75, 3.05) is 26.2 Å². The summed E-state index contributed by atoms with van der Waals surface area (Å²) in [6.07, 6.45) is 4.10. The Labute approximate surface area is 212 Å². The molecular formula is C27H45ClN2O4. The van der Waals surface area contributed by atoms with E-state index in [4.69, 9.17) is 4.74 Å². The highest BCUT2D eigenvalue weighted by atomic mass is 35.5. The number of phenols is 1. The van der Waals surface area contributed by atoms with Crippen molar-refractivity contribution in [3.05, 3.63) is 29.8 Å². The maximum atomic E-state index is 12.4. The minimum absolute atomic E-state index is 0. The van der Waals surface area contributed by atoms with E-state index in [9.17, 15) is 14.7 Å². The van der Waals surface area contributed by atoms with Gasteiger partial charge in [-0.25, -0.2) is 0 Å². The molecule has 1 heterocycles. The summed E-state index contributed by atoms with van der Waals surface area (Å²) >= 11 is 0. The second-order valence-electron chi connectivity index (χ2n) is 10.3. The van der Waals surface area contributed by atoms with Gasteiger partial charge in [0.25, 0.3) is 0 Å². The van der Waals surface area contributed by atoms with Crippen LogP contribution in [0.5, 0.6) is 5.75 Å². The van der Waals surface area contributed by atoms with E-state index in [0.29, 0.717) is 43.5 Å². The fraction of sp³-hybridized carbons (Fsp3) is 0.704. The van der Waals surface area contributed by atoms with Crippen molar-refractivity contribution < 1.29 is 19.4 Å². The molecule has 2 rings (SSSR count). The lowest BCUT2D eigenvalue weighted by molar-refractivity contribution is -0.143. The zero-order valence-electron chi connectivity index (χ0n) is 21.6. The SMILES string of the molecule is CCOC(=O)CCCC(=O)NC(CCN1CCC(C)(c2cccc(O)c2)C(C)C1)CC(C)C.Cl. The summed E-state index contributed by atoms with van der Waals surface area (Å²) in [6, 6.07) is 7.84. The summed E-state index contributed by atoms with van der Waals surface area (Å²) in [5.41, 5.74) is 1.27. The van der Waals surface area contributed by atoms with Crippen LogP contribution in [0.25, 0.3) is 0 Å². The predicted octanol–water partition coefficient (Wildman–Crippen LogP) is 5.07. The second kappa shape index (κ2) is 14.6. The number of phenolic OH excluding ortho intramolecular Hbond substituents is 1. The summed E-state index contributed by atoms with van der Waals surface area (Å²) in [6.45, 7) is 14.1. The number of benzene rings is 1. The highest BCUT2D eigenvalue weighted by Gasteiger charge is 2.38. The van der Waals surface area contributed by atoms with Gasteiger partial charge < -0.3 is 20.1 Å². The van der Waals surface area contributed by atoms with Crippen LogP contribution in [0.4, 0.5) is 0 Å². The first-order valence-electron chi connectivity index (χ1n) is 12.6. The van der Waals surface area contributed by atoms with Gasteiger partial charge in [-0.1, -0.05) is 39.8 Å². The van der Waals surface area contributed by atoms with E-state index >= 15 is 0 Å². The van der Waals surface area contributed by atoms with Crippen molar-refractivity contribution in [1.82, 2.24) is 10.2 Å². The predicted molar refractivity (Wildman–Crippen MR) is 139 cm³/mol. The Balaban J connectivity index is 0.00000578. The van der Waals surface area contributed by atoms with E-state index in [1.54, 1.807) is 13.0 Å². The van der Waals surface area contributed by atoms with E-state index in [1.807, 2.05) is 12.1 Å². The summed E-state index contributed by atoms with van der Waals surface area (Å²) in [5.74, 6) is 1.09. The second-order valence-corrected chi connectivity index (χ2v) is 10.3. The maximum Gasteiger partial charge on any atom is 0.305 e. The molecule has 1 aromatic rings. The number of amides is 1. The zero-order chi connectivity index (χ0) is 24.4. The van der Waals surface area contributed by atoms with Crippen LogP contribution < -0.4 is 5.32 Å². The van der Waals surface area contributed by atoms with Crippen LogP contribution in [0.3, 0.4) is 0 Å². The van der Waals surface area contributed by atoms with Crippen molar-refractivity contribution in [2.45, 2.75) is 84.6 Å². The van der Waals surface area contributed by atoms with Crippen LogP contribution in [-0.4, -0.2) is 54.2 Å².